The highest BCUT2D eigenvalue weighted by molar-refractivity contribution is 4.94. The van der Waals surface area contributed by atoms with Gasteiger partial charge in [0, 0.05) is 19.3 Å². The summed E-state index contributed by atoms with van der Waals surface area (Å²) in [6, 6.07) is 0. The molecule has 0 aliphatic heterocycles. The molecule has 9 heavy (non-hydrogen) atoms. The molecule has 0 aromatic carbocycles. The Morgan fingerprint density at radius 3 is 1.44 bits per heavy atom. The maximum Gasteiger partial charge on any atom is 0.231 e. The Labute approximate surface area is 57.9 Å². The summed E-state index contributed by atoms with van der Waals surface area (Å²) in [5.74, 6) is 0. The molecule has 0 bridgehead atoms. The van der Waals surface area contributed by atoms with Gasteiger partial charge in [-0.3, -0.25) is 0 Å². The third-order valence-electron chi connectivity index (χ3n) is 2.21. The molecular formula is C8H15N. The van der Waals surface area contributed by atoms with E-state index in [-0.39, 0.29) is 5.54 Å². The van der Waals surface area contributed by atoms with Gasteiger partial charge in [-0.05, 0) is 0 Å². The van der Waals surface area contributed by atoms with E-state index < -0.39 is 0 Å². The minimum absolute atomic E-state index is 0.0417. The van der Waals surface area contributed by atoms with Crippen molar-refractivity contribution in [1.29, 1.82) is 0 Å². The van der Waals surface area contributed by atoms with Crippen LogP contribution in [-0.2, 0) is 0 Å². The van der Waals surface area contributed by atoms with Crippen LogP contribution in [0, 0.1) is 6.57 Å². The summed E-state index contributed by atoms with van der Waals surface area (Å²) >= 11 is 0. The Bertz CT molecular complexity index is 98.0. The first-order valence-electron chi connectivity index (χ1n) is 3.63. The second-order valence-electron chi connectivity index (χ2n) is 2.40. The maximum atomic E-state index is 6.93. The van der Waals surface area contributed by atoms with Crippen molar-refractivity contribution in [3.05, 3.63) is 11.4 Å². The minimum atomic E-state index is -0.0417. The lowest BCUT2D eigenvalue weighted by Crippen LogP contribution is -2.20. The molecule has 0 aliphatic rings. The first kappa shape index (κ1) is 8.49. The smallest absolute Gasteiger partial charge is 0.231 e. The van der Waals surface area contributed by atoms with E-state index in [1.807, 2.05) is 0 Å². The number of rotatable bonds is 3. The van der Waals surface area contributed by atoms with Gasteiger partial charge in [0.25, 0.3) is 0 Å². The minimum Gasteiger partial charge on any atom is -0.310 e. The molecule has 0 rings (SSSR count). The zero-order valence-electron chi connectivity index (χ0n) is 6.57. The largest absolute Gasteiger partial charge is 0.310 e. The molecule has 0 atom stereocenters. The van der Waals surface area contributed by atoms with E-state index in [0.717, 1.165) is 19.3 Å². The third-order valence-corrected chi connectivity index (χ3v) is 2.21. The van der Waals surface area contributed by atoms with Gasteiger partial charge < -0.3 is 4.85 Å². The lowest BCUT2D eigenvalue weighted by Gasteiger charge is -2.14. The summed E-state index contributed by atoms with van der Waals surface area (Å²) in [6.07, 6.45) is 2.97. The van der Waals surface area contributed by atoms with Crippen LogP contribution in [0.4, 0.5) is 0 Å². The van der Waals surface area contributed by atoms with Gasteiger partial charge in [0.2, 0.25) is 5.54 Å². The van der Waals surface area contributed by atoms with Crippen molar-refractivity contribution in [2.45, 2.75) is 45.6 Å². The van der Waals surface area contributed by atoms with Crippen molar-refractivity contribution in [3.8, 4) is 0 Å². The molecule has 0 aromatic heterocycles. The van der Waals surface area contributed by atoms with E-state index in [2.05, 4.69) is 25.6 Å². The summed E-state index contributed by atoms with van der Waals surface area (Å²) in [7, 11) is 0. The van der Waals surface area contributed by atoms with Crippen molar-refractivity contribution in [1.82, 2.24) is 0 Å². The molecule has 0 saturated heterocycles. The number of hydrogen-bond acceptors (Lipinski definition) is 0. The van der Waals surface area contributed by atoms with Gasteiger partial charge >= 0.3 is 0 Å². The SMILES string of the molecule is [C-]#[N+]C(CC)(CC)CC. The molecule has 0 heterocycles. The van der Waals surface area contributed by atoms with Crippen LogP contribution in [0.15, 0.2) is 0 Å². The van der Waals surface area contributed by atoms with E-state index in [1.165, 1.54) is 0 Å². The van der Waals surface area contributed by atoms with E-state index in [1.54, 1.807) is 0 Å². The Morgan fingerprint density at radius 1 is 1.11 bits per heavy atom. The van der Waals surface area contributed by atoms with E-state index in [4.69, 9.17) is 6.57 Å². The molecule has 0 spiro atoms. The lowest BCUT2D eigenvalue weighted by atomic mass is 9.91. The summed E-state index contributed by atoms with van der Waals surface area (Å²) in [6.45, 7) is 13.2. The van der Waals surface area contributed by atoms with Gasteiger partial charge in [-0.1, -0.05) is 20.8 Å². The molecule has 0 N–H and O–H groups in total. The Hall–Kier alpha value is -0.510. The van der Waals surface area contributed by atoms with E-state index >= 15 is 0 Å². The quantitative estimate of drug-likeness (QED) is 0.511. The van der Waals surface area contributed by atoms with Crippen LogP contribution in [0.3, 0.4) is 0 Å². The molecule has 1 heteroatoms. The van der Waals surface area contributed by atoms with Crippen LogP contribution in [0.25, 0.3) is 4.85 Å². The molecule has 1 nitrogen and oxygen atoms in total. The van der Waals surface area contributed by atoms with Crippen LogP contribution in [0.5, 0.6) is 0 Å². The standard InChI is InChI=1S/C8H15N/c1-5-8(6-2,7-3)9-4/h5-7H2,1-3H3. The molecule has 0 radical (unpaired) electrons. The van der Waals surface area contributed by atoms with E-state index in [9.17, 15) is 0 Å². The topological polar surface area (TPSA) is 4.36 Å². The molecule has 0 amide bonds. The third kappa shape index (κ3) is 1.71. The second kappa shape index (κ2) is 3.50. The van der Waals surface area contributed by atoms with Crippen LogP contribution in [-0.4, -0.2) is 5.54 Å². The molecular weight excluding hydrogens is 110 g/mol. The van der Waals surface area contributed by atoms with Crippen molar-refractivity contribution in [3.63, 3.8) is 0 Å². The molecule has 0 aromatic rings. The zero-order chi connectivity index (χ0) is 7.33. The summed E-state index contributed by atoms with van der Waals surface area (Å²) in [5.41, 5.74) is -0.0417. The fourth-order valence-corrected chi connectivity index (χ4v) is 0.987. The van der Waals surface area contributed by atoms with Gasteiger partial charge in [-0.2, -0.15) is 0 Å². The fourth-order valence-electron chi connectivity index (χ4n) is 0.987. The monoisotopic (exact) mass is 125 g/mol. The van der Waals surface area contributed by atoms with Gasteiger partial charge in [-0.25, -0.2) is 6.57 Å². The van der Waals surface area contributed by atoms with Gasteiger partial charge in [0.15, 0.2) is 0 Å². The Kier molecular flexibility index (Phi) is 3.30. The first-order valence-corrected chi connectivity index (χ1v) is 3.63. The van der Waals surface area contributed by atoms with Crippen LogP contribution in [0.2, 0.25) is 0 Å². The second-order valence-corrected chi connectivity index (χ2v) is 2.40. The van der Waals surface area contributed by atoms with Gasteiger partial charge in [0.1, 0.15) is 0 Å². The van der Waals surface area contributed by atoms with E-state index in [0.29, 0.717) is 0 Å². The Morgan fingerprint density at radius 2 is 1.44 bits per heavy atom. The fraction of sp³-hybridized carbons (Fsp3) is 0.875. The van der Waals surface area contributed by atoms with Gasteiger partial charge in [-0.15, -0.1) is 0 Å². The number of nitrogens with zero attached hydrogens (tertiary/aromatic N) is 1. The normalized spacial score (nSPS) is 10.9. The van der Waals surface area contributed by atoms with Crippen molar-refractivity contribution in [2.24, 2.45) is 0 Å². The molecule has 0 fully saturated rings. The summed E-state index contributed by atoms with van der Waals surface area (Å²) in [4.78, 5) is 3.62. The molecule has 52 valence electrons. The van der Waals surface area contributed by atoms with Crippen molar-refractivity contribution in [2.75, 3.05) is 0 Å². The van der Waals surface area contributed by atoms with Crippen molar-refractivity contribution < 1.29 is 0 Å². The predicted octanol–water partition coefficient (Wildman–Crippen LogP) is 2.87. The average Bonchev–Trinajstić information content (AvgIpc) is 1.95. The predicted molar refractivity (Wildman–Crippen MR) is 40.2 cm³/mol. The average molecular weight is 125 g/mol. The molecule has 0 saturated carbocycles. The van der Waals surface area contributed by atoms with Crippen LogP contribution in [0.1, 0.15) is 40.0 Å². The highest BCUT2D eigenvalue weighted by Crippen LogP contribution is 2.23. The Balaban J connectivity index is 4.04. The summed E-state index contributed by atoms with van der Waals surface area (Å²) in [5, 5.41) is 0. The summed E-state index contributed by atoms with van der Waals surface area (Å²) < 4.78 is 0. The first-order chi connectivity index (χ1) is 4.24. The zero-order valence-corrected chi connectivity index (χ0v) is 6.57. The van der Waals surface area contributed by atoms with Gasteiger partial charge in [0.05, 0.1) is 0 Å². The lowest BCUT2D eigenvalue weighted by molar-refractivity contribution is 0.454. The van der Waals surface area contributed by atoms with Crippen LogP contribution < -0.4 is 0 Å². The maximum absolute atomic E-state index is 6.93. The highest BCUT2D eigenvalue weighted by Gasteiger charge is 2.28. The van der Waals surface area contributed by atoms with Crippen LogP contribution >= 0.6 is 0 Å². The highest BCUT2D eigenvalue weighted by atomic mass is 14.8. The number of hydrogen-bond donors (Lipinski definition) is 0. The molecule has 0 aliphatic carbocycles. The van der Waals surface area contributed by atoms with Crippen molar-refractivity contribution >= 4 is 0 Å². The molecule has 0 unspecified atom stereocenters.